The van der Waals surface area contributed by atoms with Crippen LogP contribution >= 0.6 is 0 Å². The van der Waals surface area contributed by atoms with E-state index in [2.05, 4.69) is 55.3 Å². The van der Waals surface area contributed by atoms with Crippen molar-refractivity contribution in [1.29, 1.82) is 0 Å². The fourth-order valence-corrected chi connectivity index (χ4v) is 3.33. The van der Waals surface area contributed by atoms with E-state index in [9.17, 15) is 4.79 Å². The molecule has 0 saturated heterocycles. The lowest BCUT2D eigenvalue weighted by Crippen LogP contribution is -2.26. The minimum absolute atomic E-state index is 0.0122. The second-order valence-electron chi connectivity index (χ2n) is 7.20. The third-order valence-corrected chi connectivity index (χ3v) is 4.92. The average molecular weight is 380 g/mol. The van der Waals surface area contributed by atoms with Crippen molar-refractivity contribution >= 4 is 0 Å². The monoisotopic (exact) mass is 379 g/mol. The topological polar surface area (TPSA) is 49.0 Å². The summed E-state index contributed by atoms with van der Waals surface area (Å²) < 4.78 is 8.64. The molecule has 0 radical (unpaired) electrons. The fourth-order valence-electron chi connectivity index (χ4n) is 3.33. The molecule has 0 atom stereocenters. The van der Waals surface area contributed by atoms with Gasteiger partial charge in [-0.05, 0) is 49.4 Å². The standard InChI is InChI=1S/C23H29N3O2/c1-4-16-25-22(7-5-6-19-12-14-21(28-3)15-13-19)24-26(23(25)27)17-20-10-8-18(2)9-11-20/h8-15H,4-7,16-17H2,1-3H3. The number of hydrogen-bond donors (Lipinski definition) is 0. The van der Waals surface area contributed by atoms with Crippen LogP contribution in [0.4, 0.5) is 0 Å². The summed E-state index contributed by atoms with van der Waals surface area (Å²) in [5, 5.41) is 4.65. The average Bonchev–Trinajstić information content (AvgIpc) is 3.00. The maximum atomic E-state index is 12.8. The Morgan fingerprint density at radius 3 is 2.29 bits per heavy atom. The maximum absolute atomic E-state index is 12.8. The number of hydrogen-bond acceptors (Lipinski definition) is 3. The van der Waals surface area contributed by atoms with Crippen LogP contribution in [0.1, 0.15) is 42.3 Å². The van der Waals surface area contributed by atoms with E-state index in [1.807, 2.05) is 16.7 Å². The molecule has 0 unspecified atom stereocenters. The van der Waals surface area contributed by atoms with Gasteiger partial charge in [-0.3, -0.25) is 4.57 Å². The molecule has 148 valence electrons. The summed E-state index contributed by atoms with van der Waals surface area (Å²) >= 11 is 0. The largest absolute Gasteiger partial charge is 0.497 e. The number of rotatable bonds is 9. The van der Waals surface area contributed by atoms with Crippen molar-refractivity contribution in [2.24, 2.45) is 0 Å². The van der Waals surface area contributed by atoms with Gasteiger partial charge in [-0.25, -0.2) is 9.48 Å². The summed E-state index contributed by atoms with van der Waals surface area (Å²) in [5.41, 5.74) is 3.57. The lowest BCUT2D eigenvalue weighted by atomic mass is 10.1. The first-order valence-electron chi connectivity index (χ1n) is 9.95. The Kier molecular flexibility index (Phi) is 6.69. The molecule has 1 aromatic heterocycles. The molecule has 0 fully saturated rings. The molecule has 5 heteroatoms. The maximum Gasteiger partial charge on any atom is 0.346 e. The summed E-state index contributed by atoms with van der Waals surface area (Å²) in [6.07, 6.45) is 3.62. The zero-order valence-corrected chi connectivity index (χ0v) is 17.0. The first-order chi connectivity index (χ1) is 13.6. The van der Waals surface area contributed by atoms with Gasteiger partial charge in [0, 0.05) is 13.0 Å². The molecule has 3 rings (SSSR count). The number of aromatic nitrogens is 3. The minimum Gasteiger partial charge on any atom is -0.497 e. The Morgan fingerprint density at radius 1 is 0.964 bits per heavy atom. The van der Waals surface area contributed by atoms with Gasteiger partial charge < -0.3 is 4.74 Å². The summed E-state index contributed by atoms with van der Waals surface area (Å²) in [7, 11) is 1.68. The van der Waals surface area contributed by atoms with Crippen LogP contribution in [0.2, 0.25) is 0 Å². The van der Waals surface area contributed by atoms with E-state index < -0.39 is 0 Å². The van der Waals surface area contributed by atoms with Crippen LogP contribution in [-0.4, -0.2) is 21.5 Å². The number of nitrogens with zero attached hydrogens (tertiary/aromatic N) is 3. The van der Waals surface area contributed by atoms with Gasteiger partial charge in [0.25, 0.3) is 0 Å². The highest BCUT2D eigenvalue weighted by Crippen LogP contribution is 2.13. The first-order valence-corrected chi connectivity index (χ1v) is 9.95. The van der Waals surface area contributed by atoms with E-state index in [0.29, 0.717) is 13.1 Å². The number of ether oxygens (including phenoxy) is 1. The van der Waals surface area contributed by atoms with E-state index in [1.54, 1.807) is 11.8 Å². The lowest BCUT2D eigenvalue weighted by molar-refractivity contribution is 0.414. The molecule has 0 spiro atoms. The molecule has 0 aliphatic carbocycles. The Bertz CT molecular complexity index is 937. The molecular weight excluding hydrogens is 350 g/mol. The van der Waals surface area contributed by atoms with E-state index in [4.69, 9.17) is 4.74 Å². The molecule has 3 aromatic rings. The van der Waals surface area contributed by atoms with Gasteiger partial charge in [-0.1, -0.05) is 48.9 Å². The van der Waals surface area contributed by atoms with Crippen LogP contribution in [0.3, 0.4) is 0 Å². The predicted octanol–water partition coefficient (Wildman–Crippen LogP) is 4.00. The van der Waals surface area contributed by atoms with Gasteiger partial charge in [0.1, 0.15) is 11.6 Å². The highest BCUT2D eigenvalue weighted by molar-refractivity contribution is 5.27. The van der Waals surface area contributed by atoms with Crippen LogP contribution in [0, 0.1) is 6.92 Å². The minimum atomic E-state index is -0.0122. The Balaban J connectivity index is 1.70. The van der Waals surface area contributed by atoms with Crippen molar-refractivity contribution in [3.8, 4) is 5.75 Å². The van der Waals surface area contributed by atoms with Gasteiger partial charge >= 0.3 is 5.69 Å². The third kappa shape index (κ3) is 4.91. The van der Waals surface area contributed by atoms with Crippen LogP contribution in [0.15, 0.2) is 53.3 Å². The molecule has 0 saturated carbocycles. The van der Waals surface area contributed by atoms with E-state index in [0.717, 1.165) is 42.8 Å². The van der Waals surface area contributed by atoms with E-state index in [-0.39, 0.29) is 5.69 Å². The van der Waals surface area contributed by atoms with E-state index >= 15 is 0 Å². The summed E-state index contributed by atoms with van der Waals surface area (Å²) in [4.78, 5) is 12.8. The number of aryl methyl sites for hydroxylation is 3. The van der Waals surface area contributed by atoms with Crippen LogP contribution in [0.25, 0.3) is 0 Å². The van der Waals surface area contributed by atoms with Crippen LogP contribution < -0.4 is 10.4 Å². The highest BCUT2D eigenvalue weighted by Gasteiger charge is 2.13. The molecule has 0 bridgehead atoms. The quantitative estimate of drug-likeness (QED) is 0.565. The zero-order chi connectivity index (χ0) is 19.9. The third-order valence-electron chi connectivity index (χ3n) is 4.92. The summed E-state index contributed by atoms with van der Waals surface area (Å²) in [6.45, 7) is 5.38. The SMILES string of the molecule is CCCn1c(CCCc2ccc(OC)cc2)nn(Cc2ccc(C)cc2)c1=O. The highest BCUT2D eigenvalue weighted by atomic mass is 16.5. The second kappa shape index (κ2) is 9.40. The molecule has 28 heavy (non-hydrogen) atoms. The molecule has 0 N–H and O–H groups in total. The Morgan fingerprint density at radius 2 is 1.64 bits per heavy atom. The van der Waals surface area contributed by atoms with Crippen molar-refractivity contribution in [3.63, 3.8) is 0 Å². The zero-order valence-electron chi connectivity index (χ0n) is 17.0. The normalized spacial score (nSPS) is 11.0. The number of benzene rings is 2. The molecule has 0 amide bonds. The van der Waals surface area contributed by atoms with Crippen molar-refractivity contribution in [2.75, 3.05) is 7.11 Å². The van der Waals surface area contributed by atoms with Crippen molar-refractivity contribution in [3.05, 3.63) is 81.5 Å². The fraction of sp³-hybridized carbons (Fsp3) is 0.391. The van der Waals surface area contributed by atoms with Gasteiger partial charge in [0.2, 0.25) is 0 Å². The second-order valence-corrected chi connectivity index (χ2v) is 7.20. The molecular formula is C23H29N3O2. The smallest absolute Gasteiger partial charge is 0.346 e. The van der Waals surface area contributed by atoms with Crippen molar-refractivity contribution in [1.82, 2.24) is 14.3 Å². The Labute approximate surface area is 166 Å². The Hall–Kier alpha value is -2.82. The van der Waals surface area contributed by atoms with Crippen molar-refractivity contribution in [2.45, 2.75) is 52.6 Å². The predicted molar refractivity (Wildman–Crippen MR) is 112 cm³/mol. The summed E-state index contributed by atoms with van der Waals surface area (Å²) in [6, 6.07) is 16.4. The molecule has 0 aliphatic heterocycles. The lowest BCUT2D eigenvalue weighted by Gasteiger charge is -2.05. The van der Waals surface area contributed by atoms with Crippen molar-refractivity contribution < 1.29 is 4.74 Å². The molecule has 0 aliphatic rings. The molecule has 1 heterocycles. The van der Waals surface area contributed by atoms with E-state index in [1.165, 1.54) is 11.1 Å². The number of methoxy groups -OCH3 is 1. The van der Waals surface area contributed by atoms with Crippen LogP contribution in [0.5, 0.6) is 5.75 Å². The molecule has 5 nitrogen and oxygen atoms in total. The van der Waals surface area contributed by atoms with Gasteiger partial charge in [-0.15, -0.1) is 0 Å². The summed E-state index contributed by atoms with van der Waals surface area (Å²) in [5.74, 6) is 1.75. The van der Waals surface area contributed by atoms with Gasteiger partial charge in [0.15, 0.2) is 0 Å². The van der Waals surface area contributed by atoms with Gasteiger partial charge in [0.05, 0.1) is 13.7 Å². The first kappa shape index (κ1) is 19.9. The molecule has 2 aromatic carbocycles. The van der Waals surface area contributed by atoms with Gasteiger partial charge in [-0.2, -0.15) is 5.10 Å². The van der Waals surface area contributed by atoms with Crippen LogP contribution in [-0.2, 0) is 25.9 Å².